The molecule has 0 saturated carbocycles. The molecule has 2 fully saturated rings. The molecule has 0 atom stereocenters. The Morgan fingerprint density at radius 2 is 0.977 bits per heavy atom. The number of hydrogen-bond acceptors (Lipinski definition) is 8. The molecule has 2 aromatic heterocycles. The van der Waals surface area contributed by atoms with Gasteiger partial charge in [0, 0.05) is 60.8 Å². The second-order valence-electron chi connectivity index (χ2n) is 11.7. The van der Waals surface area contributed by atoms with Gasteiger partial charge in [0.15, 0.2) is 0 Å². The SMILES string of the molecule is Cc1ccc2c(c1)CN=C2c1ccnc(N2CCOCC2)c1.Cc1ccc2c(c1)CN=C2c1ccnc(N2CCOCC2)c1. The fourth-order valence-corrected chi connectivity index (χ4v) is 6.22. The van der Waals surface area contributed by atoms with Crippen LogP contribution in [0, 0.1) is 13.8 Å². The van der Waals surface area contributed by atoms with E-state index in [2.05, 4.69) is 94.3 Å². The average molecular weight is 587 g/mol. The van der Waals surface area contributed by atoms with Crippen molar-refractivity contribution in [2.24, 2.45) is 9.98 Å². The first-order valence-corrected chi connectivity index (χ1v) is 15.5. The Morgan fingerprint density at radius 3 is 1.41 bits per heavy atom. The molecule has 4 aliphatic rings. The van der Waals surface area contributed by atoms with Crippen molar-refractivity contribution in [3.63, 3.8) is 0 Å². The van der Waals surface area contributed by atoms with Gasteiger partial charge in [-0.2, -0.15) is 0 Å². The van der Waals surface area contributed by atoms with E-state index in [1.165, 1.54) is 33.4 Å². The van der Waals surface area contributed by atoms with Crippen molar-refractivity contribution in [3.8, 4) is 0 Å². The molecule has 8 nitrogen and oxygen atoms in total. The number of ether oxygens (including phenoxy) is 2. The normalized spacial score (nSPS) is 17.3. The van der Waals surface area contributed by atoms with Crippen molar-refractivity contribution < 1.29 is 9.47 Å². The summed E-state index contributed by atoms with van der Waals surface area (Å²) in [5, 5.41) is 0. The number of benzene rings is 2. The van der Waals surface area contributed by atoms with Gasteiger partial charge in [0.25, 0.3) is 0 Å². The van der Waals surface area contributed by atoms with Crippen LogP contribution in [0.25, 0.3) is 0 Å². The average Bonchev–Trinajstić information content (AvgIpc) is 3.70. The summed E-state index contributed by atoms with van der Waals surface area (Å²) in [7, 11) is 0. The lowest BCUT2D eigenvalue weighted by Crippen LogP contribution is -2.36. The molecule has 0 radical (unpaired) electrons. The summed E-state index contributed by atoms with van der Waals surface area (Å²) in [4.78, 5) is 23.1. The number of aliphatic imine (C=N–C) groups is 2. The fourth-order valence-electron chi connectivity index (χ4n) is 6.22. The highest BCUT2D eigenvalue weighted by molar-refractivity contribution is 6.16. The maximum Gasteiger partial charge on any atom is 0.129 e. The second kappa shape index (κ2) is 12.7. The van der Waals surface area contributed by atoms with Gasteiger partial charge in [0.2, 0.25) is 0 Å². The highest BCUT2D eigenvalue weighted by Crippen LogP contribution is 2.27. The number of hydrogen-bond donors (Lipinski definition) is 0. The molecule has 8 rings (SSSR count). The minimum Gasteiger partial charge on any atom is -0.378 e. The van der Waals surface area contributed by atoms with Gasteiger partial charge in [-0.3, -0.25) is 9.98 Å². The van der Waals surface area contributed by atoms with Crippen molar-refractivity contribution in [2.45, 2.75) is 26.9 Å². The third-order valence-electron chi connectivity index (χ3n) is 8.55. The van der Waals surface area contributed by atoms with Crippen LogP contribution in [0.3, 0.4) is 0 Å². The Bertz CT molecular complexity index is 1590. The van der Waals surface area contributed by atoms with Crippen LogP contribution < -0.4 is 9.80 Å². The van der Waals surface area contributed by atoms with Crippen LogP contribution >= 0.6 is 0 Å². The number of aromatic nitrogens is 2. The van der Waals surface area contributed by atoms with Crippen LogP contribution in [-0.2, 0) is 22.6 Å². The van der Waals surface area contributed by atoms with Crippen molar-refractivity contribution >= 4 is 23.1 Å². The van der Waals surface area contributed by atoms with E-state index in [9.17, 15) is 0 Å². The summed E-state index contributed by atoms with van der Waals surface area (Å²) in [6.07, 6.45) is 3.77. The van der Waals surface area contributed by atoms with Crippen molar-refractivity contribution in [1.29, 1.82) is 0 Å². The van der Waals surface area contributed by atoms with E-state index in [4.69, 9.17) is 19.5 Å². The lowest BCUT2D eigenvalue weighted by Gasteiger charge is -2.28. The molecule has 0 bridgehead atoms. The number of anilines is 2. The third-order valence-corrected chi connectivity index (χ3v) is 8.55. The number of rotatable bonds is 4. The van der Waals surface area contributed by atoms with E-state index in [0.29, 0.717) is 0 Å². The van der Waals surface area contributed by atoms with Crippen LogP contribution in [0.2, 0.25) is 0 Å². The zero-order valence-corrected chi connectivity index (χ0v) is 25.5. The monoisotopic (exact) mass is 586 g/mol. The summed E-state index contributed by atoms with van der Waals surface area (Å²) in [5.74, 6) is 2.04. The van der Waals surface area contributed by atoms with Gasteiger partial charge in [-0.25, -0.2) is 9.97 Å². The maximum atomic E-state index is 5.42. The quantitative estimate of drug-likeness (QED) is 0.329. The first kappa shape index (κ1) is 28.4. The van der Waals surface area contributed by atoms with Crippen molar-refractivity contribution in [2.75, 3.05) is 62.4 Å². The molecule has 8 heteroatoms. The van der Waals surface area contributed by atoms with Crippen LogP contribution in [-0.4, -0.2) is 74.0 Å². The van der Waals surface area contributed by atoms with Crippen molar-refractivity contribution in [1.82, 2.24) is 9.97 Å². The zero-order valence-electron chi connectivity index (χ0n) is 25.5. The highest BCUT2D eigenvalue weighted by Gasteiger charge is 2.21. The van der Waals surface area contributed by atoms with Crippen LogP contribution in [0.15, 0.2) is 83.0 Å². The van der Waals surface area contributed by atoms with Crippen LogP contribution in [0.1, 0.15) is 44.5 Å². The first-order valence-electron chi connectivity index (χ1n) is 15.5. The molecule has 4 aromatic rings. The minimum atomic E-state index is 0.773. The molecular weight excluding hydrogens is 548 g/mol. The second-order valence-corrected chi connectivity index (χ2v) is 11.7. The number of pyridine rings is 2. The molecule has 0 unspecified atom stereocenters. The van der Waals surface area contributed by atoms with E-state index < -0.39 is 0 Å². The number of nitrogens with zero attached hydrogens (tertiary/aromatic N) is 6. The van der Waals surface area contributed by atoms with Gasteiger partial charge in [-0.1, -0.05) is 47.5 Å². The standard InChI is InChI=1S/2C18H19N3O/c2*1-13-2-3-16-15(10-13)12-20-18(16)14-4-5-19-17(11-14)21-6-8-22-9-7-21/h2*2-5,10-11H,6-9,12H2,1H3. The van der Waals surface area contributed by atoms with Crippen molar-refractivity contribution in [3.05, 3.63) is 118 Å². The Hall–Kier alpha value is -4.40. The Balaban J connectivity index is 0.000000142. The predicted molar refractivity (Wildman–Crippen MR) is 176 cm³/mol. The summed E-state index contributed by atoms with van der Waals surface area (Å²) in [6, 6.07) is 21.6. The lowest BCUT2D eigenvalue weighted by atomic mass is 9.99. The molecule has 2 saturated heterocycles. The van der Waals surface area contributed by atoms with Gasteiger partial charge in [-0.05, 0) is 49.2 Å². The summed E-state index contributed by atoms with van der Waals surface area (Å²) in [6.45, 7) is 12.5. The molecule has 2 aromatic carbocycles. The van der Waals surface area contributed by atoms with Gasteiger partial charge in [0.05, 0.1) is 50.9 Å². The Labute approximate surface area is 259 Å². The topological polar surface area (TPSA) is 75.4 Å². The minimum absolute atomic E-state index is 0.773. The zero-order chi connectivity index (χ0) is 29.9. The van der Waals surface area contributed by atoms with E-state index in [1.807, 2.05) is 12.4 Å². The summed E-state index contributed by atoms with van der Waals surface area (Å²) < 4.78 is 10.8. The third kappa shape index (κ3) is 6.00. The molecular formula is C36H38N6O2. The van der Waals surface area contributed by atoms with Gasteiger partial charge < -0.3 is 19.3 Å². The highest BCUT2D eigenvalue weighted by atomic mass is 16.5. The van der Waals surface area contributed by atoms with E-state index in [1.54, 1.807) is 0 Å². The van der Waals surface area contributed by atoms with E-state index in [-0.39, 0.29) is 0 Å². The molecule has 0 amide bonds. The van der Waals surface area contributed by atoms with E-state index >= 15 is 0 Å². The number of aryl methyl sites for hydroxylation is 2. The molecule has 0 N–H and O–H groups in total. The Morgan fingerprint density at radius 1 is 0.545 bits per heavy atom. The van der Waals surface area contributed by atoms with Crippen LogP contribution in [0.5, 0.6) is 0 Å². The predicted octanol–water partition coefficient (Wildman–Crippen LogP) is 5.16. The molecule has 0 aliphatic carbocycles. The van der Waals surface area contributed by atoms with Gasteiger partial charge >= 0.3 is 0 Å². The molecule has 224 valence electrons. The van der Waals surface area contributed by atoms with Gasteiger partial charge in [0.1, 0.15) is 11.6 Å². The molecule has 6 heterocycles. The maximum absolute atomic E-state index is 5.42. The lowest BCUT2D eigenvalue weighted by molar-refractivity contribution is 0.122. The first-order chi connectivity index (χ1) is 21.6. The fraction of sp³-hybridized carbons (Fsp3) is 0.333. The van der Waals surface area contributed by atoms with Crippen LogP contribution in [0.4, 0.5) is 11.6 Å². The summed E-state index contributed by atoms with van der Waals surface area (Å²) >= 11 is 0. The van der Waals surface area contributed by atoms with E-state index in [0.717, 1.165) is 99.9 Å². The molecule has 44 heavy (non-hydrogen) atoms. The summed E-state index contributed by atoms with van der Waals surface area (Å²) in [5.41, 5.74) is 12.2. The largest absolute Gasteiger partial charge is 0.378 e. The molecule has 4 aliphatic heterocycles. The smallest absolute Gasteiger partial charge is 0.129 e. The number of morpholine rings is 2. The number of fused-ring (bicyclic) bond motifs is 2. The Kier molecular flexibility index (Phi) is 8.18. The molecule has 0 spiro atoms. The van der Waals surface area contributed by atoms with Gasteiger partial charge in [-0.15, -0.1) is 0 Å².